The average Bonchev–Trinajstić information content (AvgIpc) is 2.93. The highest BCUT2D eigenvalue weighted by atomic mass is 19.1. The van der Waals surface area contributed by atoms with E-state index in [0.717, 1.165) is 22.2 Å². The van der Waals surface area contributed by atoms with Crippen molar-refractivity contribution < 1.29 is 9.18 Å². The number of aromatic nitrogens is 1. The molecule has 1 atom stereocenters. The fourth-order valence-electron chi connectivity index (χ4n) is 2.88. The molecule has 120 valence electrons. The van der Waals surface area contributed by atoms with Crippen LogP contribution in [0.2, 0.25) is 0 Å². The van der Waals surface area contributed by atoms with Crippen molar-refractivity contribution in [2.24, 2.45) is 7.05 Å². The SMILES string of the molecule is Cn1c(-c2ccc(C[C@@H](C#N)NC=O)c(F)c2)cc2ccccc21. The van der Waals surface area contributed by atoms with Gasteiger partial charge < -0.3 is 9.88 Å². The van der Waals surface area contributed by atoms with Gasteiger partial charge >= 0.3 is 0 Å². The normalized spacial score (nSPS) is 11.9. The molecule has 0 saturated carbocycles. The Morgan fingerprint density at radius 3 is 2.75 bits per heavy atom. The zero-order chi connectivity index (χ0) is 17.1. The molecule has 5 heteroatoms. The molecule has 2 aromatic carbocycles. The van der Waals surface area contributed by atoms with Crippen molar-refractivity contribution in [1.29, 1.82) is 5.26 Å². The number of rotatable bonds is 5. The van der Waals surface area contributed by atoms with Gasteiger partial charge in [-0.25, -0.2) is 4.39 Å². The summed E-state index contributed by atoms with van der Waals surface area (Å²) in [6, 6.07) is 16.2. The van der Waals surface area contributed by atoms with Gasteiger partial charge in [-0.1, -0.05) is 30.3 Å². The zero-order valence-electron chi connectivity index (χ0n) is 13.2. The van der Waals surface area contributed by atoms with Gasteiger partial charge in [-0.3, -0.25) is 4.79 Å². The summed E-state index contributed by atoms with van der Waals surface area (Å²) in [5.74, 6) is -0.384. The summed E-state index contributed by atoms with van der Waals surface area (Å²) < 4.78 is 16.4. The molecule has 0 aliphatic rings. The average molecular weight is 321 g/mol. The van der Waals surface area contributed by atoms with E-state index in [1.165, 1.54) is 6.07 Å². The number of carbonyl (C=O) groups excluding carboxylic acids is 1. The van der Waals surface area contributed by atoms with E-state index in [4.69, 9.17) is 5.26 Å². The van der Waals surface area contributed by atoms with Gasteiger partial charge in [0.05, 0.1) is 6.07 Å². The number of nitrogens with zero attached hydrogens (tertiary/aromatic N) is 2. The van der Waals surface area contributed by atoms with Gasteiger partial charge in [-0.15, -0.1) is 0 Å². The minimum atomic E-state index is -0.736. The molecule has 0 radical (unpaired) electrons. The van der Waals surface area contributed by atoms with E-state index in [1.54, 1.807) is 6.07 Å². The van der Waals surface area contributed by atoms with Gasteiger partial charge in [0.2, 0.25) is 6.41 Å². The summed E-state index contributed by atoms with van der Waals surface area (Å²) in [5.41, 5.74) is 3.17. The third-order valence-electron chi connectivity index (χ3n) is 4.15. The molecule has 0 bridgehead atoms. The Balaban J connectivity index is 1.95. The highest BCUT2D eigenvalue weighted by Crippen LogP contribution is 2.28. The lowest BCUT2D eigenvalue weighted by Gasteiger charge is -2.10. The summed E-state index contributed by atoms with van der Waals surface area (Å²) in [7, 11) is 1.95. The molecule has 1 aromatic heterocycles. The molecule has 0 fully saturated rings. The number of hydrogen-bond acceptors (Lipinski definition) is 2. The van der Waals surface area contributed by atoms with Gasteiger partial charge in [-0.2, -0.15) is 5.26 Å². The Hall–Kier alpha value is -3.13. The van der Waals surface area contributed by atoms with Crippen LogP contribution in [0.15, 0.2) is 48.5 Å². The van der Waals surface area contributed by atoms with E-state index < -0.39 is 6.04 Å². The minimum absolute atomic E-state index is 0.135. The summed E-state index contributed by atoms with van der Waals surface area (Å²) in [6.07, 6.45) is 0.589. The number of carbonyl (C=O) groups is 1. The van der Waals surface area contributed by atoms with Crippen molar-refractivity contribution in [1.82, 2.24) is 9.88 Å². The number of aryl methyl sites for hydroxylation is 1. The molecule has 0 saturated heterocycles. The lowest BCUT2D eigenvalue weighted by Crippen LogP contribution is -2.28. The van der Waals surface area contributed by atoms with Gasteiger partial charge in [0.1, 0.15) is 11.9 Å². The second kappa shape index (κ2) is 6.55. The van der Waals surface area contributed by atoms with Crippen LogP contribution in [-0.2, 0) is 18.3 Å². The van der Waals surface area contributed by atoms with E-state index in [1.807, 2.05) is 54.1 Å². The number of benzene rings is 2. The molecule has 1 N–H and O–H groups in total. The second-order valence-electron chi connectivity index (χ2n) is 5.62. The van der Waals surface area contributed by atoms with Crippen LogP contribution in [0, 0.1) is 17.1 Å². The molecular formula is C19H16FN3O. The number of nitriles is 1. The van der Waals surface area contributed by atoms with Crippen molar-refractivity contribution in [3.8, 4) is 17.3 Å². The maximum Gasteiger partial charge on any atom is 0.208 e. The Kier molecular flexibility index (Phi) is 4.30. The third kappa shape index (κ3) is 2.86. The quantitative estimate of drug-likeness (QED) is 0.734. The topological polar surface area (TPSA) is 57.8 Å². The van der Waals surface area contributed by atoms with Crippen molar-refractivity contribution >= 4 is 17.3 Å². The fourth-order valence-corrected chi connectivity index (χ4v) is 2.88. The standard InChI is InChI=1S/C19H16FN3O/c1-23-18-5-3-2-4-14(18)10-19(23)15-7-6-13(17(20)9-15)8-16(11-21)22-12-24/h2-7,9-10,12,16H,8H2,1H3,(H,22,24)/t16-/m0/s1. The van der Waals surface area contributed by atoms with E-state index in [9.17, 15) is 9.18 Å². The largest absolute Gasteiger partial charge is 0.344 e. The molecule has 0 unspecified atom stereocenters. The van der Waals surface area contributed by atoms with Crippen molar-refractivity contribution in [3.63, 3.8) is 0 Å². The minimum Gasteiger partial charge on any atom is -0.344 e. The highest BCUT2D eigenvalue weighted by Gasteiger charge is 2.13. The van der Waals surface area contributed by atoms with Crippen LogP contribution in [0.25, 0.3) is 22.2 Å². The van der Waals surface area contributed by atoms with Crippen molar-refractivity contribution in [2.75, 3.05) is 0 Å². The van der Waals surface area contributed by atoms with Crippen LogP contribution in [0.5, 0.6) is 0 Å². The Bertz CT molecular complexity index is 939. The molecule has 3 rings (SSSR count). The van der Waals surface area contributed by atoms with Crippen molar-refractivity contribution in [3.05, 3.63) is 59.9 Å². The molecule has 3 aromatic rings. The molecule has 0 spiro atoms. The zero-order valence-corrected chi connectivity index (χ0v) is 13.2. The first-order valence-electron chi connectivity index (χ1n) is 7.56. The maximum absolute atomic E-state index is 14.4. The van der Waals surface area contributed by atoms with Gasteiger partial charge in [0, 0.05) is 35.6 Å². The lowest BCUT2D eigenvalue weighted by molar-refractivity contribution is -0.109. The van der Waals surface area contributed by atoms with Crippen LogP contribution < -0.4 is 5.32 Å². The molecule has 1 amide bonds. The number of para-hydroxylation sites is 1. The first kappa shape index (κ1) is 15.8. The molecule has 4 nitrogen and oxygen atoms in total. The predicted octanol–water partition coefficient (Wildman–Crippen LogP) is 3.17. The fraction of sp³-hybridized carbons (Fsp3) is 0.158. The molecule has 0 aliphatic carbocycles. The summed E-state index contributed by atoms with van der Waals surface area (Å²) >= 11 is 0. The van der Waals surface area contributed by atoms with E-state index in [0.29, 0.717) is 12.0 Å². The number of nitrogens with one attached hydrogen (secondary N) is 1. The lowest BCUT2D eigenvalue weighted by atomic mass is 10.0. The van der Waals surface area contributed by atoms with Crippen molar-refractivity contribution in [2.45, 2.75) is 12.5 Å². The molecule has 1 heterocycles. The van der Waals surface area contributed by atoms with E-state index >= 15 is 0 Å². The maximum atomic E-state index is 14.4. The predicted molar refractivity (Wildman–Crippen MR) is 90.6 cm³/mol. The first-order chi connectivity index (χ1) is 11.6. The molecule has 24 heavy (non-hydrogen) atoms. The van der Waals surface area contributed by atoms with Crippen LogP contribution in [-0.4, -0.2) is 17.0 Å². The van der Waals surface area contributed by atoms with Gasteiger partial charge in [0.15, 0.2) is 0 Å². The first-order valence-corrected chi connectivity index (χ1v) is 7.56. The van der Waals surface area contributed by atoms with Gasteiger partial charge in [-0.05, 0) is 23.8 Å². The van der Waals surface area contributed by atoms with Crippen LogP contribution >= 0.6 is 0 Å². The van der Waals surface area contributed by atoms with Crippen LogP contribution in [0.3, 0.4) is 0 Å². The second-order valence-corrected chi connectivity index (χ2v) is 5.62. The van der Waals surface area contributed by atoms with Crippen LogP contribution in [0.4, 0.5) is 4.39 Å². The molecule has 0 aliphatic heterocycles. The Morgan fingerprint density at radius 2 is 2.08 bits per heavy atom. The van der Waals surface area contributed by atoms with Gasteiger partial charge in [0.25, 0.3) is 0 Å². The Labute approximate surface area is 139 Å². The van der Waals surface area contributed by atoms with E-state index in [-0.39, 0.29) is 12.2 Å². The number of hydrogen-bond donors (Lipinski definition) is 1. The van der Waals surface area contributed by atoms with E-state index in [2.05, 4.69) is 5.32 Å². The monoisotopic (exact) mass is 321 g/mol. The summed E-state index contributed by atoms with van der Waals surface area (Å²) in [5, 5.41) is 12.4. The number of fused-ring (bicyclic) bond motifs is 1. The smallest absolute Gasteiger partial charge is 0.208 e. The van der Waals surface area contributed by atoms with Crippen LogP contribution in [0.1, 0.15) is 5.56 Å². The third-order valence-corrected chi connectivity index (χ3v) is 4.15. The number of amides is 1. The summed E-state index contributed by atoms with van der Waals surface area (Å²) in [6.45, 7) is 0. The number of halogens is 1. The highest BCUT2D eigenvalue weighted by molar-refractivity contribution is 5.86. The summed E-state index contributed by atoms with van der Waals surface area (Å²) in [4.78, 5) is 10.5. The Morgan fingerprint density at radius 1 is 1.29 bits per heavy atom. The molecular weight excluding hydrogens is 305 g/mol.